The standard InChI is InChI=1S/C17H16BrNO3/c18-14-3-1-2-13(9-14)17(21)19-10-15(20)11-4-5-16-12(8-11)6-7-22-16/h1-5,8-9,15,20H,6-7,10H2,(H,19,21)/t15-/m0/s1. The van der Waals surface area contributed by atoms with E-state index in [4.69, 9.17) is 4.74 Å². The van der Waals surface area contributed by atoms with E-state index in [0.29, 0.717) is 12.2 Å². The Kier molecular flexibility index (Phi) is 4.45. The third kappa shape index (κ3) is 3.31. The molecule has 0 saturated heterocycles. The Morgan fingerprint density at radius 1 is 1.32 bits per heavy atom. The molecule has 1 aliphatic heterocycles. The van der Waals surface area contributed by atoms with Gasteiger partial charge in [0, 0.05) is 23.0 Å². The number of nitrogens with one attached hydrogen (secondary N) is 1. The van der Waals surface area contributed by atoms with Gasteiger partial charge in [0.2, 0.25) is 0 Å². The van der Waals surface area contributed by atoms with Gasteiger partial charge in [-0.1, -0.05) is 28.1 Å². The maximum absolute atomic E-state index is 12.1. The number of ether oxygens (including phenoxy) is 1. The van der Waals surface area contributed by atoms with Crippen molar-refractivity contribution in [2.45, 2.75) is 12.5 Å². The summed E-state index contributed by atoms with van der Waals surface area (Å²) in [5, 5.41) is 13.0. The highest BCUT2D eigenvalue weighted by atomic mass is 79.9. The first-order valence-corrected chi connectivity index (χ1v) is 7.90. The summed E-state index contributed by atoms with van der Waals surface area (Å²) in [6.07, 6.45) is 0.127. The molecule has 0 aliphatic carbocycles. The van der Waals surface area contributed by atoms with Gasteiger partial charge < -0.3 is 15.2 Å². The van der Waals surface area contributed by atoms with Gasteiger partial charge in [0.25, 0.3) is 5.91 Å². The number of hydrogen-bond donors (Lipinski definition) is 2. The summed E-state index contributed by atoms with van der Waals surface area (Å²) < 4.78 is 6.29. The van der Waals surface area contributed by atoms with E-state index in [0.717, 1.165) is 27.8 Å². The summed E-state index contributed by atoms with van der Waals surface area (Å²) in [5.74, 6) is 0.680. The van der Waals surface area contributed by atoms with Gasteiger partial charge in [-0.15, -0.1) is 0 Å². The lowest BCUT2D eigenvalue weighted by molar-refractivity contribution is 0.0916. The minimum atomic E-state index is -0.734. The lowest BCUT2D eigenvalue weighted by atomic mass is 10.0. The van der Waals surface area contributed by atoms with Crippen molar-refractivity contribution in [3.8, 4) is 5.75 Å². The Balaban J connectivity index is 1.62. The number of hydrogen-bond acceptors (Lipinski definition) is 3. The number of aliphatic hydroxyl groups excluding tert-OH is 1. The largest absolute Gasteiger partial charge is 0.493 e. The van der Waals surface area contributed by atoms with Crippen molar-refractivity contribution in [2.75, 3.05) is 13.2 Å². The summed E-state index contributed by atoms with van der Waals surface area (Å²) in [4.78, 5) is 12.1. The second-order valence-electron chi connectivity index (χ2n) is 5.20. The first-order chi connectivity index (χ1) is 10.6. The molecule has 22 heavy (non-hydrogen) atoms. The average Bonchev–Trinajstić information content (AvgIpc) is 2.99. The molecule has 5 heteroatoms. The van der Waals surface area contributed by atoms with Gasteiger partial charge in [0.1, 0.15) is 5.75 Å². The number of amides is 1. The topological polar surface area (TPSA) is 58.6 Å². The van der Waals surface area contributed by atoms with Gasteiger partial charge in [-0.2, -0.15) is 0 Å². The van der Waals surface area contributed by atoms with Gasteiger partial charge in [-0.3, -0.25) is 4.79 Å². The van der Waals surface area contributed by atoms with Crippen LogP contribution in [0.2, 0.25) is 0 Å². The maximum Gasteiger partial charge on any atom is 0.251 e. The molecule has 2 aromatic rings. The number of fused-ring (bicyclic) bond motifs is 1. The Bertz CT molecular complexity index is 702. The average molecular weight is 362 g/mol. The van der Waals surface area contributed by atoms with Crippen LogP contribution < -0.4 is 10.1 Å². The summed E-state index contributed by atoms with van der Waals surface area (Å²) in [7, 11) is 0. The quantitative estimate of drug-likeness (QED) is 0.880. The van der Waals surface area contributed by atoms with Gasteiger partial charge in [0.15, 0.2) is 0 Å². The number of rotatable bonds is 4. The van der Waals surface area contributed by atoms with E-state index in [1.165, 1.54) is 0 Å². The molecule has 4 nitrogen and oxygen atoms in total. The molecule has 2 aromatic carbocycles. The highest BCUT2D eigenvalue weighted by Crippen LogP contribution is 2.28. The van der Waals surface area contributed by atoms with Crippen LogP contribution in [0, 0.1) is 0 Å². The number of carbonyl (C=O) groups excluding carboxylic acids is 1. The van der Waals surface area contributed by atoms with E-state index >= 15 is 0 Å². The lowest BCUT2D eigenvalue weighted by Gasteiger charge is -2.13. The van der Waals surface area contributed by atoms with Crippen molar-refractivity contribution in [3.63, 3.8) is 0 Å². The lowest BCUT2D eigenvalue weighted by Crippen LogP contribution is -2.28. The highest BCUT2D eigenvalue weighted by molar-refractivity contribution is 9.10. The van der Waals surface area contributed by atoms with Crippen LogP contribution in [0.5, 0.6) is 5.75 Å². The van der Waals surface area contributed by atoms with E-state index in [1.807, 2.05) is 24.3 Å². The Morgan fingerprint density at radius 3 is 3.00 bits per heavy atom. The van der Waals surface area contributed by atoms with Crippen LogP contribution in [0.25, 0.3) is 0 Å². The second-order valence-corrected chi connectivity index (χ2v) is 6.12. The molecule has 0 spiro atoms. The van der Waals surface area contributed by atoms with Crippen LogP contribution in [0.15, 0.2) is 46.9 Å². The Hall–Kier alpha value is -1.85. The molecule has 0 unspecified atom stereocenters. The zero-order valence-corrected chi connectivity index (χ0v) is 13.5. The molecule has 1 aliphatic rings. The first-order valence-electron chi connectivity index (χ1n) is 7.11. The molecule has 0 bridgehead atoms. The molecule has 1 amide bonds. The first kappa shape index (κ1) is 15.1. The van der Waals surface area contributed by atoms with Gasteiger partial charge in [-0.25, -0.2) is 0 Å². The minimum Gasteiger partial charge on any atom is -0.493 e. The zero-order valence-electron chi connectivity index (χ0n) is 11.9. The number of aliphatic hydroxyl groups is 1. The van der Waals surface area contributed by atoms with Crippen LogP contribution in [-0.4, -0.2) is 24.2 Å². The summed E-state index contributed by atoms with van der Waals surface area (Å²) >= 11 is 3.33. The number of carbonyl (C=O) groups is 1. The fourth-order valence-electron chi connectivity index (χ4n) is 2.45. The predicted molar refractivity (Wildman–Crippen MR) is 87.1 cm³/mol. The summed E-state index contributed by atoms with van der Waals surface area (Å²) in [6.45, 7) is 0.861. The van der Waals surface area contributed by atoms with Crippen molar-refractivity contribution in [2.24, 2.45) is 0 Å². The molecule has 0 saturated carbocycles. The highest BCUT2D eigenvalue weighted by Gasteiger charge is 2.16. The number of halogens is 1. The van der Waals surface area contributed by atoms with E-state index in [1.54, 1.807) is 18.2 Å². The van der Waals surface area contributed by atoms with Crippen molar-refractivity contribution in [1.82, 2.24) is 5.32 Å². The van der Waals surface area contributed by atoms with Gasteiger partial charge >= 0.3 is 0 Å². The Labute approximate surface area is 137 Å². The Morgan fingerprint density at radius 2 is 2.18 bits per heavy atom. The smallest absolute Gasteiger partial charge is 0.251 e. The van der Waals surface area contributed by atoms with Gasteiger partial charge in [-0.05, 0) is 41.5 Å². The van der Waals surface area contributed by atoms with Crippen LogP contribution in [0.3, 0.4) is 0 Å². The van der Waals surface area contributed by atoms with E-state index in [2.05, 4.69) is 21.2 Å². The van der Waals surface area contributed by atoms with Crippen molar-refractivity contribution >= 4 is 21.8 Å². The predicted octanol–water partition coefficient (Wildman–Crippen LogP) is 2.85. The van der Waals surface area contributed by atoms with Gasteiger partial charge in [0.05, 0.1) is 12.7 Å². The van der Waals surface area contributed by atoms with Crippen LogP contribution in [-0.2, 0) is 6.42 Å². The summed E-state index contributed by atoms with van der Waals surface area (Å²) in [5.41, 5.74) is 2.46. The van der Waals surface area contributed by atoms with Crippen LogP contribution in [0.1, 0.15) is 27.6 Å². The van der Waals surface area contributed by atoms with Crippen molar-refractivity contribution in [3.05, 3.63) is 63.6 Å². The SMILES string of the molecule is O=C(NC[C@H](O)c1ccc2c(c1)CCO2)c1cccc(Br)c1. The third-order valence-corrected chi connectivity index (χ3v) is 4.13. The van der Waals surface area contributed by atoms with E-state index in [-0.39, 0.29) is 12.5 Å². The molecule has 0 radical (unpaired) electrons. The third-order valence-electron chi connectivity index (χ3n) is 3.64. The van der Waals surface area contributed by atoms with E-state index in [9.17, 15) is 9.90 Å². The molecular formula is C17H16BrNO3. The second kappa shape index (κ2) is 6.50. The molecular weight excluding hydrogens is 346 g/mol. The van der Waals surface area contributed by atoms with Crippen LogP contribution in [0.4, 0.5) is 0 Å². The molecule has 1 heterocycles. The zero-order chi connectivity index (χ0) is 15.5. The normalized spacial score (nSPS) is 14.1. The van der Waals surface area contributed by atoms with Crippen molar-refractivity contribution in [1.29, 1.82) is 0 Å². The molecule has 3 rings (SSSR count). The monoisotopic (exact) mass is 361 g/mol. The van der Waals surface area contributed by atoms with E-state index < -0.39 is 6.10 Å². The van der Waals surface area contributed by atoms with Crippen molar-refractivity contribution < 1.29 is 14.6 Å². The molecule has 0 fully saturated rings. The summed E-state index contributed by atoms with van der Waals surface area (Å²) in [6, 6.07) is 12.8. The maximum atomic E-state index is 12.1. The molecule has 2 N–H and O–H groups in total. The fraction of sp³-hybridized carbons (Fsp3) is 0.235. The van der Waals surface area contributed by atoms with Crippen LogP contribution >= 0.6 is 15.9 Å². The minimum absolute atomic E-state index is 0.172. The fourth-order valence-corrected chi connectivity index (χ4v) is 2.85. The molecule has 1 atom stereocenters. The molecule has 114 valence electrons. The molecule has 0 aromatic heterocycles. The number of benzene rings is 2.